The van der Waals surface area contributed by atoms with Crippen molar-refractivity contribution in [3.63, 3.8) is 0 Å². The molecule has 3 heteroatoms. The highest BCUT2D eigenvalue weighted by atomic mass is 79.9. The van der Waals surface area contributed by atoms with Gasteiger partial charge in [0.05, 0.1) is 5.02 Å². The molecule has 0 nitrogen and oxygen atoms in total. The highest BCUT2D eigenvalue weighted by Gasteiger charge is 2.05. The van der Waals surface area contributed by atoms with Gasteiger partial charge in [0.2, 0.25) is 0 Å². The molecule has 11 heavy (non-hydrogen) atoms. The molecule has 0 aliphatic rings. The predicted octanol–water partition coefficient (Wildman–Crippen LogP) is 3.68. The molecule has 0 spiro atoms. The molecule has 0 aliphatic carbocycles. The minimum absolute atomic E-state index is 0.250. The molecule has 0 radical (unpaired) electrons. The summed E-state index contributed by atoms with van der Waals surface area (Å²) >= 11 is 9.09. The highest BCUT2D eigenvalue weighted by Crippen LogP contribution is 2.24. The van der Waals surface area contributed by atoms with Gasteiger partial charge in [0.25, 0.3) is 0 Å². The molecular weight excluding hydrogens is 230 g/mol. The van der Waals surface area contributed by atoms with E-state index in [9.17, 15) is 4.39 Å². The second kappa shape index (κ2) is 3.55. The molecule has 1 rings (SSSR count). The van der Waals surface area contributed by atoms with Crippen molar-refractivity contribution in [2.75, 3.05) is 0 Å². The lowest BCUT2D eigenvalue weighted by Gasteiger charge is -2.03. The summed E-state index contributed by atoms with van der Waals surface area (Å²) in [6.07, 6.45) is 0. The van der Waals surface area contributed by atoms with Gasteiger partial charge in [-0.05, 0) is 18.6 Å². The van der Waals surface area contributed by atoms with Gasteiger partial charge in [0.1, 0.15) is 5.82 Å². The minimum atomic E-state index is -0.250. The molecule has 0 saturated heterocycles. The molecule has 0 heterocycles. The minimum Gasteiger partial charge on any atom is -0.207 e. The lowest BCUT2D eigenvalue weighted by molar-refractivity contribution is 0.618. The van der Waals surface area contributed by atoms with Crippen LogP contribution in [0.15, 0.2) is 12.1 Å². The summed E-state index contributed by atoms with van der Waals surface area (Å²) < 4.78 is 12.8. The van der Waals surface area contributed by atoms with Crippen molar-refractivity contribution in [3.05, 3.63) is 34.1 Å². The van der Waals surface area contributed by atoms with Crippen LogP contribution in [0, 0.1) is 12.7 Å². The van der Waals surface area contributed by atoms with E-state index in [1.165, 1.54) is 6.07 Å². The number of benzene rings is 1. The Labute approximate surface area is 78.5 Å². The Morgan fingerprint density at radius 2 is 2.18 bits per heavy atom. The maximum atomic E-state index is 12.8. The van der Waals surface area contributed by atoms with E-state index in [0.717, 1.165) is 5.56 Å². The van der Waals surface area contributed by atoms with Crippen molar-refractivity contribution in [1.29, 1.82) is 0 Å². The molecule has 0 aromatic heterocycles. The highest BCUT2D eigenvalue weighted by molar-refractivity contribution is 9.08. The lowest BCUT2D eigenvalue weighted by atomic mass is 10.1. The standard InChI is InChI=1S/C8H7BrClF/c1-5-7(11)3-2-6(4-9)8(5)10/h2-3H,4H2,1H3. The molecular formula is C8H7BrClF. The second-order valence-electron chi connectivity index (χ2n) is 2.28. The Morgan fingerprint density at radius 3 is 2.73 bits per heavy atom. The molecule has 1 aromatic rings. The van der Waals surface area contributed by atoms with Crippen molar-refractivity contribution < 1.29 is 4.39 Å². The fourth-order valence-electron chi connectivity index (χ4n) is 0.821. The zero-order chi connectivity index (χ0) is 8.43. The van der Waals surface area contributed by atoms with Crippen LogP contribution < -0.4 is 0 Å². The zero-order valence-electron chi connectivity index (χ0n) is 6.00. The van der Waals surface area contributed by atoms with Crippen molar-refractivity contribution >= 4 is 27.5 Å². The topological polar surface area (TPSA) is 0 Å². The molecule has 0 aliphatic heterocycles. The monoisotopic (exact) mass is 236 g/mol. The summed E-state index contributed by atoms with van der Waals surface area (Å²) in [7, 11) is 0. The molecule has 60 valence electrons. The first kappa shape index (κ1) is 9.01. The van der Waals surface area contributed by atoms with Crippen LogP contribution in [-0.4, -0.2) is 0 Å². The van der Waals surface area contributed by atoms with E-state index in [4.69, 9.17) is 11.6 Å². The van der Waals surface area contributed by atoms with Gasteiger partial charge in [-0.3, -0.25) is 0 Å². The Hall–Kier alpha value is -0.0800. The Bertz CT molecular complexity index is 273. The largest absolute Gasteiger partial charge is 0.207 e. The molecule has 0 N–H and O–H groups in total. The fraction of sp³-hybridized carbons (Fsp3) is 0.250. The van der Waals surface area contributed by atoms with E-state index in [2.05, 4.69) is 15.9 Å². The fourth-order valence-corrected chi connectivity index (χ4v) is 1.67. The summed E-state index contributed by atoms with van der Waals surface area (Å²) in [5, 5.41) is 1.18. The van der Waals surface area contributed by atoms with Gasteiger partial charge in [-0.25, -0.2) is 4.39 Å². The Balaban J connectivity index is 3.25. The normalized spacial score (nSPS) is 10.2. The lowest BCUT2D eigenvalue weighted by Crippen LogP contribution is -1.88. The van der Waals surface area contributed by atoms with Crippen molar-refractivity contribution in [3.8, 4) is 0 Å². The van der Waals surface area contributed by atoms with Crippen LogP contribution in [0.3, 0.4) is 0 Å². The van der Waals surface area contributed by atoms with Crippen LogP contribution in [0.25, 0.3) is 0 Å². The first-order valence-corrected chi connectivity index (χ1v) is 4.66. The third-order valence-electron chi connectivity index (χ3n) is 1.54. The van der Waals surface area contributed by atoms with E-state index in [1.54, 1.807) is 13.0 Å². The summed E-state index contributed by atoms with van der Waals surface area (Å²) in [6, 6.07) is 3.11. The average Bonchev–Trinajstić information content (AvgIpc) is 2.01. The first-order valence-electron chi connectivity index (χ1n) is 3.16. The molecule has 0 unspecified atom stereocenters. The van der Waals surface area contributed by atoms with Gasteiger partial charge in [-0.1, -0.05) is 33.6 Å². The van der Waals surface area contributed by atoms with Gasteiger partial charge in [-0.2, -0.15) is 0 Å². The van der Waals surface area contributed by atoms with E-state index < -0.39 is 0 Å². The molecule has 1 aromatic carbocycles. The maximum absolute atomic E-state index is 12.8. The number of alkyl halides is 1. The number of hydrogen-bond acceptors (Lipinski definition) is 0. The summed E-state index contributed by atoms with van der Waals surface area (Å²) in [4.78, 5) is 0. The molecule has 0 atom stereocenters. The van der Waals surface area contributed by atoms with Gasteiger partial charge in [-0.15, -0.1) is 0 Å². The summed E-state index contributed by atoms with van der Waals surface area (Å²) in [5.74, 6) is -0.250. The smallest absolute Gasteiger partial charge is 0.127 e. The van der Waals surface area contributed by atoms with Crippen LogP contribution in [0.5, 0.6) is 0 Å². The van der Waals surface area contributed by atoms with E-state index in [1.807, 2.05) is 0 Å². The Morgan fingerprint density at radius 1 is 1.55 bits per heavy atom. The van der Waals surface area contributed by atoms with Crippen LogP contribution in [-0.2, 0) is 5.33 Å². The predicted molar refractivity (Wildman–Crippen MR) is 48.8 cm³/mol. The second-order valence-corrected chi connectivity index (χ2v) is 3.22. The van der Waals surface area contributed by atoms with Gasteiger partial charge in [0.15, 0.2) is 0 Å². The van der Waals surface area contributed by atoms with Gasteiger partial charge in [0, 0.05) is 10.9 Å². The summed E-state index contributed by atoms with van der Waals surface area (Å²) in [5.41, 5.74) is 1.44. The Kier molecular flexibility index (Phi) is 2.90. The molecule has 0 amide bonds. The number of halogens is 3. The van der Waals surface area contributed by atoms with Crippen LogP contribution >= 0.6 is 27.5 Å². The van der Waals surface area contributed by atoms with E-state index in [-0.39, 0.29) is 5.82 Å². The quantitative estimate of drug-likeness (QED) is 0.654. The van der Waals surface area contributed by atoms with E-state index in [0.29, 0.717) is 15.9 Å². The molecule has 0 saturated carbocycles. The molecule has 0 fully saturated rings. The third-order valence-corrected chi connectivity index (χ3v) is 2.67. The average molecular weight is 237 g/mol. The van der Waals surface area contributed by atoms with Gasteiger partial charge >= 0.3 is 0 Å². The van der Waals surface area contributed by atoms with Crippen molar-refractivity contribution in [2.24, 2.45) is 0 Å². The van der Waals surface area contributed by atoms with Crippen molar-refractivity contribution in [1.82, 2.24) is 0 Å². The third kappa shape index (κ3) is 1.74. The SMILES string of the molecule is Cc1c(F)ccc(CBr)c1Cl. The zero-order valence-corrected chi connectivity index (χ0v) is 8.34. The maximum Gasteiger partial charge on any atom is 0.127 e. The summed E-state index contributed by atoms with van der Waals surface area (Å²) in [6.45, 7) is 1.67. The van der Waals surface area contributed by atoms with Crippen LogP contribution in [0.4, 0.5) is 4.39 Å². The first-order chi connectivity index (χ1) is 5.16. The van der Waals surface area contributed by atoms with Crippen LogP contribution in [0.2, 0.25) is 5.02 Å². The molecule has 0 bridgehead atoms. The van der Waals surface area contributed by atoms with Crippen molar-refractivity contribution in [2.45, 2.75) is 12.3 Å². The number of rotatable bonds is 1. The number of hydrogen-bond donors (Lipinski definition) is 0. The van der Waals surface area contributed by atoms with E-state index >= 15 is 0 Å². The van der Waals surface area contributed by atoms with Crippen LogP contribution in [0.1, 0.15) is 11.1 Å². The van der Waals surface area contributed by atoms with Gasteiger partial charge < -0.3 is 0 Å².